The van der Waals surface area contributed by atoms with Crippen molar-refractivity contribution in [2.75, 3.05) is 5.32 Å². The van der Waals surface area contributed by atoms with Gasteiger partial charge in [-0.2, -0.15) is 0 Å². The summed E-state index contributed by atoms with van der Waals surface area (Å²) in [5.41, 5.74) is 6.83. The highest BCUT2D eigenvalue weighted by Crippen LogP contribution is 2.14. The van der Waals surface area contributed by atoms with Crippen molar-refractivity contribution in [1.29, 1.82) is 0 Å². The number of anilines is 1. The molecule has 0 aliphatic rings. The summed E-state index contributed by atoms with van der Waals surface area (Å²) in [6.45, 7) is 8.27. The smallest absolute Gasteiger partial charge is 0.126 e. The molecular formula is C11H19N3. The number of nitrogens with zero attached hydrogens (tertiary/aromatic N) is 1. The van der Waals surface area contributed by atoms with Gasteiger partial charge in [0, 0.05) is 17.8 Å². The Morgan fingerprint density at radius 3 is 2.36 bits per heavy atom. The fourth-order valence-corrected chi connectivity index (χ4v) is 1.13. The first kappa shape index (κ1) is 11.0. The molecule has 0 saturated carbocycles. The van der Waals surface area contributed by atoms with Crippen LogP contribution in [0.5, 0.6) is 0 Å². The van der Waals surface area contributed by atoms with Crippen molar-refractivity contribution in [1.82, 2.24) is 4.98 Å². The molecule has 1 unspecified atom stereocenters. The van der Waals surface area contributed by atoms with Gasteiger partial charge < -0.3 is 11.1 Å². The van der Waals surface area contributed by atoms with Crippen molar-refractivity contribution >= 4 is 5.82 Å². The zero-order chi connectivity index (χ0) is 10.8. The number of nitrogens with one attached hydrogen (secondary N) is 1. The first-order valence-corrected chi connectivity index (χ1v) is 4.88. The Balaban J connectivity index is 2.74. The van der Waals surface area contributed by atoms with E-state index in [0.29, 0.717) is 0 Å². The predicted molar refractivity (Wildman–Crippen MR) is 60.2 cm³/mol. The summed E-state index contributed by atoms with van der Waals surface area (Å²) >= 11 is 0. The van der Waals surface area contributed by atoms with Gasteiger partial charge in [0.1, 0.15) is 5.82 Å². The van der Waals surface area contributed by atoms with Gasteiger partial charge in [-0.1, -0.05) is 6.07 Å². The quantitative estimate of drug-likeness (QED) is 0.757. The molecule has 0 saturated heterocycles. The third-order valence-corrected chi connectivity index (χ3v) is 1.82. The average Bonchev–Trinajstić information content (AvgIpc) is 2.02. The third-order valence-electron chi connectivity index (χ3n) is 1.82. The Morgan fingerprint density at radius 1 is 1.36 bits per heavy atom. The molecule has 1 aromatic rings. The van der Waals surface area contributed by atoms with Crippen LogP contribution in [0, 0.1) is 0 Å². The van der Waals surface area contributed by atoms with Crippen molar-refractivity contribution in [2.45, 2.75) is 39.3 Å². The van der Waals surface area contributed by atoms with E-state index in [-0.39, 0.29) is 11.6 Å². The minimum absolute atomic E-state index is 0.0445. The van der Waals surface area contributed by atoms with Crippen LogP contribution in [0.1, 0.15) is 39.3 Å². The highest BCUT2D eigenvalue weighted by molar-refractivity contribution is 5.38. The number of nitrogens with two attached hydrogens (primary N) is 1. The van der Waals surface area contributed by atoms with Crippen LogP contribution in [0.4, 0.5) is 5.82 Å². The Bertz CT molecular complexity index is 282. The molecular weight excluding hydrogens is 174 g/mol. The molecule has 14 heavy (non-hydrogen) atoms. The van der Waals surface area contributed by atoms with Gasteiger partial charge in [-0.25, -0.2) is 4.98 Å². The fraction of sp³-hybridized carbons (Fsp3) is 0.545. The van der Waals surface area contributed by atoms with E-state index >= 15 is 0 Å². The number of hydrogen-bond donors (Lipinski definition) is 2. The molecule has 1 aromatic heterocycles. The highest BCUT2D eigenvalue weighted by Gasteiger charge is 2.09. The van der Waals surface area contributed by atoms with Crippen LogP contribution in [0.15, 0.2) is 18.3 Å². The van der Waals surface area contributed by atoms with E-state index in [1.165, 1.54) is 0 Å². The number of hydrogen-bond acceptors (Lipinski definition) is 3. The van der Waals surface area contributed by atoms with Gasteiger partial charge >= 0.3 is 0 Å². The molecule has 0 aliphatic heterocycles. The Labute approximate surface area is 85.7 Å². The van der Waals surface area contributed by atoms with Crippen LogP contribution >= 0.6 is 0 Å². The summed E-state index contributed by atoms with van der Waals surface area (Å²) < 4.78 is 0. The molecule has 0 aliphatic carbocycles. The second-order valence-corrected chi connectivity index (χ2v) is 4.64. The summed E-state index contributed by atoms with van der Waals surface area (Å²) in [6.07, 6.45) is 1.82. The average molecular weight is 193 g/mol. The largest absolute Gasteiger partial charge is 0.365 e. The van der Waals surface area contributed by atoms with Crippen LogP contribution in [-0.2, 0) is 0 Å². The lowest BCUT2D eigenvalue weighted by Gasteiger charge is -2.21. The van der Waals surface area contributed by atoms with Gasteiger partial charge in [0.2, 0.25) is 0 Å². The second-order valence-electron chi connectivity index (χ2n) is 4.64. The molecule has 0 radical (unpaired) electrons. The first-order chi connectivity index (χ1) is 6.38. The van der Waals surface area contributed by atoms with Crippen LogP contribution in [0.2, 0.25) is 0 Å². The first-order valence-electron chi connectivity index (χ1n) is 4.88. The third kappa shape index (κ3) is 3.34. The monoisotopic (exact) mass is 193 g/mol. The highest BCUT2D eigenvalue weighted by atomic mass is 15.0. The minimum Gasteiger partial charge on any atom is -0.365 e. The number of aromatic nitrogens is 1. The standard InChI is InChI=1S/C11H19N3/c1-8(12)9-5-6-10(13-7-9)14-11(2,3)4/h5-8H,12H2,1-4H3,(H,13,14). The molecule has 0 amide bonds. The van der Waals surface area contributed by atoms with E-state index in [1.54, 1.807) is 0 Å². The van der Waals surface area contributed by atoms with Gasteiger partial charge in [0.15, 0.2) is 0 Å². The van der Waals surface area contributed by atoms with E-state index in [1.807, 2.05) is 25.3 Å². The summed E-state index contributed by atoms with van der Waals surface area (Å²) in [4.78, 5) is 4.29. The van der Waals surface area contributed by atoms with Crippen LogP contribution < -0.4 is 11.1 Å². The van der Waals surface area contributed by atoms with Gasteiger partial charge in [-0.3, -0.25) is 0 Å². The van der Waals surface area contributed by atoms with Gasteiger partial charge in [-0.15, -0.1) is 0 Å². The van der Waals surface area contributed by atoms with Crippen molar-refractivity contribution in [2.24, 2.45) is 5.73 Å². The van der Waals surface area contributed by atoms with E-state index in [4.69, 9.17) is 5.73 Å². The normalized spacial score (nSPS) is 13.8. The van der Waals surface area contributed by atoms with E-state index < -0.39 is 0 Å². The molecule has 1 atom stereocenters. The summed E-state index contributed by atoms with van der Waals surface area (Å²) in [7, 11) is 0. The zero-order valence-electron chi connectivity index (χ0n) is 9.33. The maximum Gasteiger partial charge on any atom is 0.126 e. The van der Waals surface area contributed by atoms with Crippen LogP contribution in [0.25, 0.3) is 0 Å². The lowest BCUT2D eigenvalue weighted by Crippen LogP contribution is -2.26. The fourth-order valence-electron chi connectivity index (χ4n) is 1.13. The Morgan fingerprint density at radius 2 is 2.00 bits per heavy atom. The van der Waals surface area contributed by atoms with Crippen LogP contribution in [-0.4, -0.2) is 10.5 Å². The molecule has 0 spiro atoms. The molecule has 78 valence electrons. The molecule has 1 heterocycles. The zero-order valence-corrected chi connectivity index (χ0v) is 9.33. The number of rotatable bonds is 2. The minimum atomic E-state index is 0.0445. The Kier molecular flexibility index (Phi) is 3.11. The molecule has 1 rings (SSSR count). The summed E-state index contributed by atoms with van der Waals surface area (Å²) in [6, 6.07) is 4.02. The van der Waals surface area contributed by atoms with Gasteiger partial charge in [0.25, 0.3) is 0 Å². The molecule has 0 fully saturated rings. The van der Waals surface area contributed by atoms with E-state index in [9.17, 15) is 0 Å². The van der Waals surface area contributed by atoms with Crippen molar-refractivity contribution in [3.05, 3.63) is 23.9 Å². The summed E-state index contributed by atoms with van der Waals surface area (Å²) in [5, 5.41) is 3.30. The lowest BCUT2D eigenvalue weighted by molar-refractivity contribution is 0.630. The Hall–Kier alpha value is -1.09. The molecule has 0 bridgehead atoms. The second kappa shape index (κ2) is 3.96. The van der Waals surface area contributed by atoms with Crippen LogP contribution in [0.3, 0.4) is 0 Å². The van der Waals surface area contributed by atoms with Crippen molar-refractivity contribution < 1.29 is 0 Å². The molecule has 3 nitrogen and oxygen atoms in total. The van der Waals surface area contributed by atoms with E-state index in [2.05, 4.69) is 31.1 Å². The van der Waals surface area contributed by atoms with Gasteiger partial charge in [0.05, 0.1) is 0 Å². The number of pyridine rings is 1. The summed E-state index contributed by atoms with van der Waals surface area (Å²) in [5.74, 6) is 0.891. The topological polar surface area (TPSA) is 50.9 Å². The maximum absolute atomic E-state index is 5.73. The predicted octanol–water partition coefficient (Wildman–Crippen LogP) is 2.31. The van der Waals surface area contributed by atoms with Gasteiger partial charge in [-0.05, 0) is 39.3 Å². The van der Waals surface area contributed by atoms with Crippen molar-refractivity contribution in [3.63, 3.8) is 0 Å². The molecule has 0 aromatic carbocycles. The SMILES string of the molecule is CC(N)c1ccc(NC(C)(C)C)nc1. The van der Waals surface area contributed by atoms with Crippen molar-refractivity contribution in [3.8, 4) is 0 Å². The maximum atomic E-state index is 5.73. The molecule has 3 N–H and O–H groups in total. The van der Waals surface area contributed by atoms with E-state index in [0.717, 1.165) is 11.4 Å². The molecule has 3 heteroatoms. The lowest BCUT2D eigenvalue weighted by atomic mass is 10.1.